The maximum absolute atomic E-state index is 12.2. The highest BCUT2D eigenvalue weighted by atomic mass is 35.5. The predicted molar refractivity (Wildman–Crippen MR) is 86.3 cm³/mol. The number of rotatable bonds is 5. The van der Waals surface area contributed by atoms with Gasteiger partial charge in [-0.15, -0.1) is 11.6 Å². The van der Waals surface area contributed by atoms with Crippen molar-refractivity contribution in [1.82, 2.24) is 0 Å². The van der Waals surface area contributed by atoms with Crippen molar-refractivity contribution >= 4 is 17.4 Å². The second-order valence-corrected chi connectivity index (χ2v) is 5.91. The third-order valence-electron chi connectivity index (χ3n) is 3.28. The van der Waals surface area contributed by atoms with E-state index in [-0.39, 0.29) is 5.78 Å². The van der Waals surface area contributed by atoms with Crippen LogP contribution in [0.2, 0.25) is 0 Å². The van der Waals surface area contributed by atoms with E-state index in [0.29, 0.717) is 17.9 Å². The van der Waals surface area contributed by atoms with E-state index in [1.54, 1.807) is 6.92 Å². The van der Waals surface area contributed by atoms with Crippen LogP contribution in [0, 0.1) is 13.8 Å². The summed E-state index contributed by atoms with van der Waals surface area (Å²) in [5, 5.41) is -0.562. The standard InChI is InChI=1S/C18H19ClO2/c1-12-4-7-15(8-5-12)11-21-17-9-6-13(2)10-16(17)18(20)14(3)19/h4-10,14H,11H2,1-3H3. The van der Waals surface area contributed by atoms with Gasteiger partial charge < -0.3 is 4.74 Å². The first-order valence-corrected chi connectivity index (χ1v) is 7.38. The van der Waals surface area contributed by atoms with E-state index in [1.807, 2.05) is 56.3 Å². The fourth-order valence-electron chi connectivity index (χ4n) is 2.02. The first-order chi connectivity index (χ1) is 9.97. The number of halogens is 1. The summed E-state index contributed by atoms with van der Waals surface area (Å²) in [7, 11) is 0. The largest absolute Gasteiger partial charge is 0.488 e. The molecule has 0 aliphatic heterocycles. The molecule has 3 heteroatoms. The van der Waals surface area contributed by atoms with Crippen molar-refractivity contribution in [1.29, 1.82) is 0 Å². The van der Waals surface area contributed by atoms with Gasteiger partial charge in [-0.2, -0.15) is 0 Å². The second-order valence-electron chi connectivity index (χ2n) is 5.25. The number of hydrogen-bond acceptors (Lipinski definition) is 2. The Kier molecular flexibility index (Phi) is 5.03. The molecule has 0 aliphatic rings. The zero-order valence-electron chi connectivity index (χ0n) is 12.5. The minimum absolute atomic E-state index is 0.112. The van der Waals surface area contributed by atoms with E-state index >= 15 is 0 Å². The zero-order valence-corrected chi connectivity index (χ0v) is 13.3. The molecule has 0 N–H and O–H groups in total. The average molecular weight is 303 g/mol. The molecular formula is C18H19ClO2. The monoisotopic (exact) mass is 302 g/mol. The van der Waals surface area contributed by atoms with Crippen LogP contribution >= 0.6 is 11.6 Å². The van der Waals surface area contributed by atoms with Crippen LogP contribution in [0.3, 0.4) is 0 Å². The highest BCUT2D eigenvalue weighted by Crippen LogP contribution is 2.24. The third kappa shape index (κ3) is 4.08. The molecule has 21 heavy (non-hydrogen) atoms. The molecule has 0 amide bonds. The summed E-state index contributed by atoms with van der Waals surface area (Å²) in [6, 6.07) is 13.7. The molecular weight excluding hydrogens is 284 g/mol. The van der Waals surface area contributed by atoms with Crippen molar-refractivity contribution in [3.05, 3.63) is 64.7 Å². The minimum atomic E-state index is -0.562. The summed E-state index contributed by atoms with van der Waals surface area (Å²) in [6.07, 6.45) is 0. The summed E-state index contributed by atoms with van der Waals surface area (Å²) in [6.45, 7) is 6.10. The number of carbonyl (C=O) groups excluding carboxylic acids is 1. The van der Waals surface area contributed by atoms with Crippen LogP contribution in [-0.4, -0.2) is 11.2 Å². The van der Waals surface area contributed by atoms with E-state index in [9.17, 15) is 4.79 Å². The van der Waals surface area contributed by atoms with Crippen molar-refractivity contribution in [2.75, 3.05) is 0 Å². The number of hydrogen-bond donors (Lipinski definition) is 0. The molecule has 0 heterocycles. The Morgan fingerprint density at radius 1 is 1.10 bits per heavy atom. The van der Waals surface area contributed by atoms with Crippen molar-refractivity contribution in [2.45, 2.75) is 32.8 Å². The van der Waals surface area contributed by atoms with Gasteiger partial charge in [-0.1, -0.05) is 41.5 Å². The number of carbonyl (C=O) groups is 1. The van der Waals surface area contributed by atoms with Crippen LogP contribution in [0.25, 0.3) is 0 Å². The van der Waals surface area contributed by atoms with Crippen molar-refractivity contribution in [2.24, 2.45) is 0 Å². The average Bonchev–Trinajstić information content (AvgIpc) is 2.46. The number of aryl methyl sites for hydroxylation is 2. The summed E-state index contributed by atoms with van der Waals surface area (Å²) in [5.41, 5.74) is 3.84. The number of Topliss-reactive ketones (excluding diaryl/α,β-unsaturated/α-hetero) is 1. The summed E-state index contributed by atoms with van der Waals surface area (Å²) in [4.78, 5) is 12.2. The fourth-order valence-corrected chi connectivity index (χ4v) is 2.14. The summed E-state index contributed by atoms with van der Waals surface area (Å²) >= 11 is 5.92. The van der Waals surface area contributed by atoms with Gasteiger partial charge in [0.2, 0.25) is 0 Å². The molecule has 0 saturated heterocycles. The first kappa shape index (κ1) is 15.6. The van der Waals surface area contributed by atoms with Crippen LogP contribution < -0.4 is 4.74 Å². The van der Waals surface area contributed by atoms with Gasteiger partial charge in [0.15, 0.2) is 5.78 Å². The number of benzene rings is 2. The maximum Gasteiger partial charge on any atom is 0.184 e. The van der Waals surface area contributed by atoms with Gasteiger partial charge in [-0.3, -0.25) is 4.79 Å². The molecule has 110 valence electrons. The van der Waals surface area contributed by atoms with Crippen LogP contribution in [0.4, 0.5) is 0 Å². The lowest BCUT2D eigenvalue weighted by Crippen LogP contribution is -2.12. The summed E-state index contributed by atoms with van der Waals surface area (Å²) in [5.74, 6) is 0.470. The minimum Gasteiger partial charge on any atom is -0.488 e. The molecule has 1 unspecified atom stereocenters. The Morgan fingerprint density at radius 2 is 1.71 bits per heavy atom. The van der Waals surface area contributed by atoms with Gasteiger partial charge in [-0.25, -0.2) is 0 Å². The van der Waals surface area contributed by atoms with Gasteiger partial charge in [0, 0.05) is 0 Å². The van der Waals surface area contributed by atoms with Crippen molar-refractivity contribution in [3.8, 4) is 5.75 Å². The molecule has 2 aromatic rings. The van der Waals surface area contributed by atoms with Gasteiger partial charge in [0.25, 0.3) is 0 Å². The molecule has 0 aromatic heterocycles. The smallest absolute Gasteiger partial charge is 0.184 e. The van der Waals surface area contributed by atoms with E-state index in [1.165, 1.54) is 5.56 Å². The summed E-state index contributed by atoms with van der Waals surface area (Å²) < 4.78 is 5.81. The Hall–Kier alpha value is -1.80. The van der Waals surface area contributed by atoms with Gasteiger partial charge in [0.05, 0.1) is 10.9 Å². The number of ether oxygens (including phenoxy) is 1. The topological polar surface area (TPSA) is 26.3 Å². The molecule has 2 aromatic carbocycles. The zero-order chi connectivity index (χ0) is 15.4. The Morgan fingerprint density at radius 3 is 2.33 bits per heavy atom. The highest BCUT2D eigenvalue weighted by molar-refractivity contribution is 6.33. The van der Waals surface area contributed by atoms with Gasteiger partial charge in [-0.05, 0) is 38.5 Å². The lowest BCUT2D eigenvalue weighted by atomic mass is 10.0. The quantitative estimate of drug-likeness (QED) is 0.591. The van der Waals surface area contributed by atoms with Crippen molar-refractivity contribution < 1.29 is 9.53 Å². The molecule has 2 nitrogen and oxygen atoms in total. The highest BCUT2D eigenvalue weighted by Gasteiger charge is 2.17. The Labute approximate surface area is 130 Å². The second kappa shape index (κ2) is 6.77. The molecule has 1 atom stereocenters. The molecule has 0 radical (unpaired) electrons. The molecule has 0 aliphatic carbocycles. The van der Waals surface area contributed by atoms with E-state index in [2.05, 4.69) is 0 Å². The van der Waals surface area contributed by atoms with Crippen LogP contribution in [-0.2, 0) is 6.61 Å². The number of ketones is 1. The first-order valence-electron chi connectivity index (χ1n) is 6.94. The van der Waals surface area contributed by atoms with Crippen LogP contribution in [0.15, 0.2) is 42.5 Å². The molecule has 0 bridgehead atoms. The van der Waals surface area contributed by atoms with Crippen LogP contribution in [0.1, 0.15) is 34.0 Å². The van der Waals surface area contributed by atoms with Crippen molar-refractivity contribution in [3.63, 3.8) is 0 Å². The van der Waals surface area contributed by atoms with E-state index < -0.39 is 5.38 Å². The normalized spacial score (nSPS) is 12.0. The van der Waals surface area contributed by atoms with Crippen LogP contribution in [0.5, 0.6) is 5.75 Å². The fraction of sp³-hybridized carbons (Fsp3) is 0.278. The van der Waals surface area contributed by atoms with Gasteiger partial charge in [0.1, 0.15) is 12.4 Å². The SMILES string of the molecule is Cc1ccc(COc2ccc(C)cc2C(=O)C(C)Cl)cc1. The molecule has 2 rings (SSSR count). The predicted octanol–water partition coefficient (Wildman–Crippen LogP) is 4.69. The molecule has 0 saturated carbocycles. The lowest BCUT2D eigenvalue weighted by molar-refractivity contribution is 0.0987. The van der Waals surface area contributed by atoms with Gasteiger partial charge >= 0.3 is 0 Å². The third-order valence-corrected chi connectivity index (χ3v) is 3.47. The van der Waals surface area contributed by atoms with E-state index in [0.717, 1.165) is 11.1 Å². The maximum atomic E-state index is 12.2. The van der Waals surface area contributed by atoms with E-state index in [4.69, 9.17) is 16.3 Å². The Balaban J connectivity index is 2.19. The molecule has 0 spiro atoms. The Bertz CT molecular complexity index is 630. The number of alkyl halides is 1. The lowest BCUT2D eigenvalue weighted by Gasteiger charge is -2.13. The molecule has 0 fully saturated rings.